The molecular formula is C15H17ClN2O3S. The highest BCUT2D eigenvalue weighted by atomic mass is 35.5. The molecule has 0 radical (unpaired) electrons. The van der Waals surface area contributed by atoms with Gasteiger partial charge in [-0.3, -0.25) is 4.72 Å². The number of benzene rings is 2. The normalized spacial score (nSPS) is 11.1. The van der Waals surface area contributed by atoms with Gasteiger partial charge in [0.2, 0.25) is 10.0 Å². The SMILES string of the molecule is COc1cc(Cl)c(C)cc1Nc1ccc(NS(C)(=O)=O)cc1. The highest BCUT2D eigenvalue weighted by Gasteiger charge is 2.08. The van der Waals surface area contributed by atoms with E-state index in [1.165, 1.54) is 0 Å². The average molecular weight is 341 g/mol. The number of halogens is 1. The third-order valence-electron chi connectivity index (χ3n) is 2.95. The predicted octanol–water partition coefficient (Wildman–Crippen LogP) is 3.77. The molecule has 0 aliphatic heterocycles. The van der Waals surface area contributed by atoms with Crippen LogP contribution >= 0.6 is 11.6 Å². The van der Waals surface area contributed by atoms with E-state index in [2.05, 4.69) is 10.0 Å². The number of anilines is 3. The molecule has 0 spiro atoms. The van der Waals surface area contributed by atoms with Crippen LogP contribution in [0, 0.1) is 6.92 Å². The Labute approximate surface area is 135 Å². The van der Waals surface area contributed by atoms with Crippen LogP contribution in [0.15, 0.2) is 36.4 Å². The van der Waals surface area contributed by atoms with E-state index in [4.69, 9.17) is 16.3 Å². The molecule has 2 rings (SSSR count). The van der Waals surface area contributed by atoms with Crippen LogP contribution in [0.2, 0.25) is 5.02 Å². The molecule has 2 aromatic rings. The van der Waals surface area contributed by atoms with Crippen molar-refractivity contribution in [2.75, 3.05) is 23.4 Å². The highest BCUT2D eigenvalue weighted by molar-refractivity contribution is 7.92. The summed E-state index contributed by atoms with van der Waals surface area (Å²) in [5.74, 6) is 0.633. The number of sulfonamides is 1. The molecule has 7 heteroatoms. The minimum Gasteiger partial charge on any atom is -0.495 e. The maximum atomic E-state index is 11.2. The number of ether oxygens (including phenoxy) is 1. The molecule has 2 aromatic carbocycles. The molecule has 0 aliphatic rings. The molecule has 0 saturated heterocycles. The standard InChI is InChI=1S/C15H17ClN2O3S/c1-10-8-14(15(21-2)9-13(10)16)17-11-4-6-12(7-5-11)18-22(3,19)20/h4-9,17-18H,1-3H3. The fourth-order valence-electron chi connectivity index (χ4n) is 1.92. The van der Waals surface area contributed by atoms with Crippen molar-refractivity contribution >= 4 is 38.7 Å². The minimum absolute atomic E-state index is 0.507. The summed E-state index contributed by atoms with van der Waals surface area (Å²) < 4.78 is 30.1. The molecule has 118 valence electrons. The third-order valence-corrected chi connectivity index (χ3v) is 3.96. The van der Waals surface area contributed by atoms with Crippen molar-refractivity contribution in [3.05, 3.63) is 47.0 Å². The third kappa shape index (κ3) is 4.29. The molecule has 0 aliphatic carbocycles. The van der Waals surface area contributed by atoms with Gasteiger partial charge in [0.25, 0.3) is 0 Å². The van der Waals surface area contributed by atoms with Crippen molar-refractivity contribution in [2.45, 2.75) is 6.92 Å². The summed E-state index contributed by atoms with van der Waals surface area (Å²) in [6.07, 6.45) is 1.11. The molecule has 22 heavy (non-hydrogen) atoms. The van der Waals surface area contributed by atoms with Gasteiger partial charge in [0, 0.05) is 22.5 Å². The second-order valence-electron chi connectivity index (χ2n) is 4.88. The molecule has 0 atom stereocenters. The Morgan fingerprint density at radius 3 is 2.23 bits per heavy atom. The van der Waals surface area contributed by atoms with Crippen LogP contribution in [0.5, 0.6) is 5.75 Å². The second kappa shape index (κ2) is 6.46. The second-order valence-corrected chi connectivity index (χ2v) is 7.03. The van der Waals surface area contributed by atoms with Crippen LogP contribution in [0.4, 0.5) is 17.1 Å². The molecule has 0 bridgehead atoms. The number of rotatable bonds is 5. The van der Waals surface area contributed by atoms with Crippen molar-refractivity contribution in [3.8, 4) is 5.75 Å². The molecule has 0 unspecified atom stereocenters. The van der Waals surface area contributed by atoms with Crippen molar-refractivity contribution < 1.29 is 13.2 Å². The first-order valence-corrected chi connectivity index (χ1v) is 8.74. The lowest BCUT2D eigenvalue weighted by Gasteiger charge is -2.13. The average Bonchev–Trinajstić information content (AvgIpc) is 2.43. The van der Waals surface area contributed by atoms with Crippen LogP contribution in [-0.4, -0.2) is 21.8 Å². The maximum absolute atomic E-state index is 11.2. The fraction of sp³-hybridized carbons (Fsp3) is 0.200. The van der Waals surface area contributed by atoms with E-state index in [1.54, 1.807) is 37.4 Å². The van der Waals surface area contributed by atoms with Gasteiger partial charge in [0.1, 0.15) is 5.75 Å². The number of hydrogen-bond donors (Lipinski definition) is 2. The van der Waals surface area contributed by atoms with Gasteiger partial charge in [-0.05, 0) is 42.8 Å². The fourth-order valence-corrected chi connectivity index (χ4v) is 2.64. The highest BCUT2D eigenvalue weighted by Crippen LogP contribution is 2.33. The maximum Gasteiger partial charge on any atom is 0.229 e. The lowest BCUT2D eigenvalue weighted by Crippen LogP contribution is -2.09. The van der Waals surface area contributed by atoms with Crippen LogP contribution < -0.4 is 14.8 Å². The number of aryl methyl sites for hydroxylation is 1. The zero-order valence-electron chi connectivity index (χ0n) is 12.5. The van der Waals surface area contributed by atoms with E-state index in [9.17, 15) is 8.42 Å². The van der Waals surface area contributed by atoms with E-state index in [-0.39, 0.29) is 0 Å². The summed E-state index contributed by atoms with van der Waals surface area (Å²) in [6, 6.07) is 10.5. The number of methoxy groups -OCH3 is 1. The van der Waals surface area contributed by atoms with Gasteiger partial charge in [0.15, 0.2) is 0 Å². The molecule has 0 saturated carbocycles. The Morgan fingerprint density at radius 2 is 1.68 bits per heavy atom. The molecule has 5 nitrogen and oxygen atoms in total. The van der Waals surface area contributed by atoms with Gasteiger partial charge in [-0.1, -0.05) is 11.6 Å². The van der Waals surface area contributed by atoms with Crippen LogP contribution in [0.1, 0.15) is 5.56 Å². The Balaban J connectivity index is 2.23. The van der Waals surface area contributed by atoms with Crippen molar-refractivity contribution in [3.63, 3.8) is 0 Å². The van der Waals surface area contributed by atoms with Gasteiger partial charge in [0.05, 0.1) is 19.1 Å². The molecule has 0 amide bonds. The molecule has 0 heterocycles. The van der Waals surface area contributed by atoms with Gasteiger partial charge in [-0.2, -0.15) is 0 Å². The molecular weight excluding hydrogens is 324 g/mol. The first kappa shape index (κ1) is 16.5. The quantitative estimate of drug-likeness (QED) is 0.869. The topological polar surface area (TPSA) is 67.4 Å². The Hall–Kier alpha value is -1.92. The summed E-state index contributed by atoms with van der Waals surface area (Å²) in [5.41, 5.74) is 3.03. The summed E-state index contributed by atoms with van der Waals surface area (Å²) in [5, 5.41) is 3.86. The van der Waals surface area contributed by atoms with E-state index >= 15 is 0 Å². The summed E-state index contributed by atoms with van der Waals surface area (Å²) in [7, 11) is -1.70. The first-order chi connectivity index (χ1) is 10.3. The Morgan fingerprint density at radius 1 is 1.09 bits per heavy atom. The van der Waals surface area contributed by atoms with E-state index < -0.39 is 10.0 Å². The van der Waals surface area contributed by atoms with Crippen LogP contribution in [0.3, 0.4) is 0 Å². The Kier molecular flexibility index (Phi) is 4.83. The number of hydrogen-bond acceptors (Lipinski definition) is 4. The Bertz CT molecular complexity index is 774. The molecule has 0 aromatic heterocycles. The zero-order chi connectivity index (χ0) is 16.3. The summed E-state index contributed by atoms with van der Waals surface area (Å²) >= 11 is 6.08. The lowest BCUT2D eigenvalue weighted by atomic mass is 10.2. The van der Waals surface area contributed by atoms with Gasteiger partial charge in [-0.25, -0.2) is 8.42 Å². The smallest absolute Gasteiger partial charge is 0.229 e. The largest absolute Gasteiger partial charge is 0.495 e. The number of nitrogens with one attached hydrogen (secondary N) is 2. The van der Waals surface area contributed by atoms with E-state index in [1.807, 2.05) is 13.0 Å². The van der Waals surface area contributed by atoms with Crippen molar-refractivity contribution in [1.29, 1.82) is 0 Å². The summed E-state index contributed by atoms with van der Waals surface area (Å²) in [6.45, 7) is 1.91. The van der Waals surface area contributed by atoms with Crippen molar-refractivity contribution in [2.24, 2.45) is 0 Å². The minimum atomic E-state index is -3.28. The summed E-state index contributed by atoms with van der Waals surface area (Å²) in [4.78, 5) is 0. The van der Waals surface area contributed by atoms with Gasteiger partial charge < -0.3 is 10.1 Å². The van der Waals surface area contributed by atoms with E-state index in [0.717, 1.165) is 23.2 Å². The van der Waals surface area contributed by atoms with Gasteiger partial charge in [-0.15, -0.1) is 0 Å². The zero-order valence-corrected chi connectivity index (χ0v) is 14.0. The predicted molar refractivity (Wildman–Crippen MR) is 90.9 cm³/mol. The lowest BCUT2D eigenvalue weighted by molar-refractivity contribution is 0.417. The van der Waals surface area contributed by atoms with Crippen LogP contribution in [0.25, 0.3) is 0 Å². The van der Waals surface area contributed by atoms with E-state index in [0.29, 0.717) is 16.5 Å². The van der Waals surface area contributed by atoms with Gasteiger partial charge >= 0.3 is 0 Å². The van der Waals surface area contributed by atoms with Crippen LogP contribution in [-0.2, 0) is 10.0 Å². The molecule has 2 N–H and O–H groups in total. The first-order valence-electron chi connectivity index (χ1n) is 6.47. The van der Waals surface area contributed by atoms with Crippen molar-refractivity contribution in [1.82, 2.24) is 0 Å². The monoisotopic (exact) mass is 340 g/mol. The molecule has 0 fully saturated rings.